The minimum Gasteiger partial charge on any atom is -0.493 e. The summed E-state index contributed by atoms with van der Waals surface area (Å²) in [7, 11) is 1.58. The van der Waals surface area contributed by atoms with E-state index in [4.69, 9.17) is 21.7 Å². The zero-order chi connectivity index (χ0) is 19.1. The van der Waals surface area contributed by atoms with Crippen LogP contribution in [0.1, 0.15) is 24.0 Å². The maximum atomic E-state index is 12.0. The molecule has 6 heteroatoms. The number of ether oxygens (including phenoxy) is 2. The maximum absolute atomic E-state index is 12.0. The topological polar surface area (TPSA) is 50.8 Å². The highest BCUT2D eigenvalue weighted by molar-refractivity contribution is 7.80. The first kappa shape index (κ1) is 19.2. The minimum absolute atomic E-state index is 0.0703. The number of methoxy groups -OCH3 is 1. The predicted octanol–water partition coefficient (Wildman–Crippen LogP) is 3.16. The lowest BCUT2D eigenvalue weighted by atomic mass is 10.2. The van der Waals surface area contributed by atoms with Crippen LogP contribution in [-0.4, -0.2) is 42.6 Å². The Morgan fingerprint density at radius 2 is 1.85 bits per heavy atom. The van der Waals surface area contributed by atoms with Crippen LogP contribution < -0.4 is 14.8 Å². The van der Waals surface area contributed by atoms with Gasteiger partial charge in [-0.25, -0.2) is 0 Å². The molecule has 2 aromatic carbocycles. The van der Waals surface area contributed by atoms with Gasteiger partial charge in [-0.3, -0.25) is 4.79 Å². The molecule has 1 heterocycles. The van der Waals surface area contributed by atoms with E-state index in [1.54, 1.807) is 13.2 Å². The van der Waals surface area contributed by atoms with Crippen LogP contribution >= 0.6 is 12.2 Å². The van der Waals surface area contributed by atoms with E-state index in [0.29, 0.717) is 18.0 Å². The first-order chi connectivity index (χ1) is 13.2. The zero-order valence-corrected chi connectivity index (χ0v) is 16.3. The third-order valence-corrected chi connectivity index (χ3v) is 4.99. The van der Waals surface area contributed by atoms with E-state index in [1.165, 1.54) is 12.8 Å². The Kier molecular flexibility index (Phi) is 6.65. The molecule has 0 aliphatic carbocycles. The summed E-state index contributed by atoms with van der Waals surface area (Å²) in [5.74, 6) is 0.919. The molecule has 27 heavy (non-hydrogen) atoms. The van der Waals surface area contributed by atoms with Crippen molar-refractivity contribution < 1.29 is 14.3 Å². The number of rotatable bonds is 7. The van der Waals surface area contributed by atoms with Gasteiger partial charge in [0.1, 0.15) is 4.99 Å². The number of hydrogen-bond acceptors (Lipinski definition) is 4. The first-order valence-corrected chi connectivity index (χ1v) is 9.49. The molecule has 2 aromatic rings. The van der Waals surface area contributed by atoms with Crippen LogP contribution in [0.15, 0.2) is 48.5 Å². The second kappa shape index (κ2) is 9.37. The molecule has 1 amide bonds. The van der Waals surface area contributed by atoms with Crippen molar-refractivity contribution in [2.75, 3.05) is 26.8 Å². The summed E-state index contributed by atoms with van der Waals surface area (Å²) in [6.07, 6.45) is 2.35. The van der Waals surface area contributed by atoms with E-state index < -0.39 is 0 Å². The lowest BCUT2D eigenvalue weighted by Crippen LogP contribution is -2.28. The second-order valence-corrected chi connectivity index (χ2v) is 6.80. The van der Waals surface area contributed by atoms with E-state index in [0.717, 1.165) is 29.2 Å². The largest absolute Gasteiger partial charge is 0.493 e. The third-order valence-electron chi connectivity index (χ3n) is 4.50. The molecule has 5 nitrogen and oxygen atoms in total. The van der Waals surface area contributed by atoms with Crippen molar-refractivity contribution in [1.29, 1.82) is 0 Å². The summed E-state index contributed by atoms with van der Waals surface area (Å²) in [6, 6.07) is 15.4. The highest BCUT2D eigenvalue weighted by atomic mass is 32.1. The fourth-order valence-corrected chi connectivity index (χ4v) is 3.32. The number of amides is 1. The standard InChI is InChI=1S/C21H24N2O3S/c1-25-19-13-17(21(27)23-11-5-6-12-23)9-10-18(19)26-15-20(24)22-14-16-7-3-2-4-8-16/h2-4,7-10,13H,5-6,11-12,14-15H2,1H3,(H,22,24). The summed E-state index contributed by atoms with van der Waals surface area (Å²) in [5.41, 5.74) is 1.98. The van der Waals surface area contributed by atoms with Gasteiger partial charge in [-0.2, -0.15) is 0 Å². The molecule has 0 aromatic heterocycles. The summed E-state index contributed by atoms with van der Waals surface area (Å²) < 4.78 is 11.1. The third kappa shape index (κ3) is 5.20. The minimum atomic E-state index is -0.183. The number of carbonyl (C=O) groups is 1. The van der Waals surface area contributed by atoms with Crippen LogP contribution in [0.5, 0.6) is 11.5 Å². The van der Waals surface area contributed by atoms with Gasteiger partial charge in [0.25, 0.3) is 5.91 Å². The van der Waals surface area contributed by atoms with Crippen LogP contribution in [0.2, 0.25) is 0 Å². The number of nitrogens with zero attached hydrogens (tertiary/aromatic N) is 1. The van der Waals surface area contributed by atoms with E-state index in [2.05, 4.69) is 10.2 Å². The second-order valence-electron chi connectivity index (χ2n) is 6.42. The average Bonchev–Trinajstić information content (AvgIpc) is 3.25. The predicted molar refractivity (Wildman–Crippen MR) is 109 cm³/mol. The Morgan fingerprint density at radius 3 is 2.56 bits per heavy atom. The Morgan fingerprint density at radius 1 is 1.11 bits per heavy atom. The number of nitrogens with one attached hydrogen (secondary N) is 1. The molecule has 0 atom stereocenters. The summed E-state index contributed by atoms with van der Waals surface area (Å²) in [6.45, 7) is 2.41. The highest BCUT2D eigenvalue weighted by Crippen LogP contribution is 2.29. The van der Waals surface area contributed by atoms with Crippen molar-refractivity contribution in [3.8, 4) is 11.5 Å². The van der Waals surface area contributed by atoms with Crippen molar-refractivity contribution in [2.24, 2.45) is 0 Å². The monoisotopic (exact) mass is 384 g/mol. The van der Waals surface area contributed by atoms with Crippen LogP contribution in [0.4, 0.5) is 0 Å². The lowest BCUT2D eigenvalue weighted by molar-refractivity contribution is -0.123. The number of carbonyl (C=O) groups excluding carboxylic acids is 1. The molecule has 0 saturated carbocycles. The molecular weight excluding hydrogens is 360 g/mol. The van der Waals surface area contributed by atoms with Gasteiger partial charge in [-0.15, -0.1) is 0 Å². The van der Waals surface area contributed by atoms with E-state index in [1.807, 2.05) is 42.5 Å². The summed E-state index contributed by atoms with van der Waals surface area (Å²) in [4.78, 5) is 15.1. The SMILES string of the molecule is COc1cc(C(=S)N2CCCC2)ccc1OCC(=O)NCc1ccccc1. The molecule has 3 rings (SSSR count). The van der Waals surface area contributed by atoms with Crippen LogP contribution in [0, 0.1) is 0 Å². The molecule has 0 unspecified atom stereocenters. The van der Waals surface area contributed by atoms with Crippen LogP contribution in [-0.2, 0) is 11.3 Å². The number of likely N-dealkylation sites (tertiary alicyclic amines) is 1. The van der Waals surface area contributed by atoms with Crippen molar-refractivity contribution >= 4 is 23.1 Å². The van der Waals surface area contributed by atoms with Gasteiger partial charge < -0.3 is 19.7 Å². The normalized spacial score (nSPS) is 13.3. The Balaban J connectivity index is 1.56. The van der Waals surface area contributed by atoms with Crippen LogP contribution in [0.3, 0.4) is 0 Å². The fraction of sp³-hybridized carbons (Fsp3) is 0.333. The Labute approximate surface area is 165 Å². The zero-order valence-electron chi connectivity index (χ0n) is 15.4. The van der Waals surface area contributed by atoms with Gasteiger partial charge in [0.2, 0.25) is 0 Å². The van der Waals surface area contributed by atoms with Crippen molar-refractivity contribution in [3.63, 3.8) is 0 Å². The van der Waals surface area contributed by atoms with Crippen LogP contribution in [0.25, 0.3) is 0 Å². The first-order valence-electron chi connectivity index (χ1n) is 9.08. The maximum Gasteiger partial charge on any atom is 0.258 e. The number of thiocarbonyl (C=S) groups is 1. The molecular formula is C21H24N2O3S. The van der Waals surface area contributed by atoms with Gasteiger partial charge in [0.15, 0.2) is 18.1 Å². The molecule has 0 spiro atoms. The number of benzene rings is 2. The lowest BCUT2D eigenvalue weighted by Gasteiger charge is -2.19. The highest BCUT2D eigenvalue weighted by Gasteiger charge is 2.18. The molecule has 0 bridgehead atoms. The molecule has 1 aliphatic heterocycles. The van der Waals surface area contributed by atoms with Gasteiger partial charge in [-0.05, 0) is 36.6 Å². The van der Waals surface area contributed by atoms with E-state index in [9.17, 15) is 4.79 Å². The van der Waals surface area contributed by atoms with Gasteiger partial charge in [0.05, 0.1) is 7.11 Å². The molecule has 1 fully saturated rings. The molecule has 1 aliphatic rings. The molecule has 142 valence electrons. The fourth-order valence-electron chi connectivity index (χ4n) is 3.01. The number of hydrogen-bond donors (Lipinski definition) is 1. The summed E-state index contributed by atoms with van der Waals surface area (Å²) >= 11 is 5.58. The quantitative estimate of drug-likeness (QED) is 0.743. The smallest absolute Gasteiger partial charge is 0.258 e. The van der Waals surface area contributed by atoms with Gasteiger partial charge >= 0.3 is 0 Å². The molecule has 1 N–H and O–H groups in total. The van der Waals surface area contributed by atoms with Crippen molar-refractivity contribution in [3.05, 3.63) is 59.7 Å². The average molecular weight is 385 g/mol. The summed E-state index contributed by atoms with van der Waals surface area (Å²) in [5, 5.41) is 2.84. The molecule has 1 saturated heterocycles. The Hall–Kier alpha value is -2.60. The Bertz CT molecular complexity index is 789. The molecule has 0 radical (unpaired) electrons. The van der Waals surface area contributed by atoms with Gasteiger partial charge in [-0.1, -0.05) is 42.5 Å². The van der Waals surface area contributed by atoms with Crippen molar-refractivity contribution in [2.45, 2.75) is 19.4 Å². The van der Waals surface area contributed by atoms with E-state index >= 15 is 0 Å². The van der Waals surface area contributed by atoms with E-state index in [-0.39, 0.29) is 12.5 Å². The van der Waals surface area contributed by atoms with Crippen molar-refractivity contribution in [1.82, 2.24) is 10.2 Å². The van der Waals surface area contributed by atoms with Gasteiger partial charge in [0, 0.05) is 25.2 Å².